The van der Waals surface area contributed by atoms with Crippen LogP contribution in [0.25, 0.3) is 0 Å². The molecule has 1 aliphatic carbocycles. The van der Waals surface area contributed by atoms with Gasteiger partial charge < -0.3 is 5.32 Å². The molecule has 1 nitrogen and oxygen atoms in total. The van der Waals surface area contributed by atoms with Crippen LogP contribution in [0.1, 0.15) is 42.9 Å². The average Bonchev–Trinajstić information content (AvgIpc) is 2.78. The van der Waals surface area contributed by atoms with Crippen LogP contribution in [-0.4, -0.2) is 7.05 Å². The highest BCUT2D eigenvalue weighted by Crippen LogP contribution is 2.37. The number of hydrogen-bond donors (Lipinski definition) is 1. The van der Waals surface area contributed by atoms with Gasteiger partial charge in [-0.3, -0.25) is 0 Å². The van der Waals surface area contributed by atoms with Gasteiger partial charge in [-0.2, -0.15) is 0 Å². The maximum absolute atomic E-state index is 3.57. The molecule has 0 heterocycles. The lowest BCUT2D eigenvalue weighted by Gasteiger charge is -2.25. The van der Waals surface area contributed by atoms with Gasteiger partial charge in [0.25, 0.3) is 0 Å². The van der Waals surface area contributed by atoms with Gasteiger partial charge in [-0.1, -0.05) is 34.8 Å². The Hall–Kier alpha value is -0.340. The lowest BCUT2D eigenvalue weighted by atomic mass is 9.89. The normalized spacial score (nSPS) is 18.9. The van der Waals surface area contributed by atoms with E-state index in [1.54, 1.807) is 0 Å². The fourth-order valence-electron chi connectivity index (χ4n) is 2.88. The minimum Gasteiger partial charge on any atom is -0.313 e. The van der Waals surface area contributed by atoms with Gasteiger partial charge in [-0.15, -0.1) is 0 Å². The van der Waals surface area contributed by atoms with Gasteiger partial charge >= 0.3 is 0 Å². The van der Waals surface area contributed by atoms with Crippen LogP contribution in [0.15, 0.2) is 22.7 Å². The van der Waals surface area contributed by atoms with Gasteiger partial charge in [-0.25, -0.2) is 0 Å². The average molecular weight is 282 g/mol. The van der Waals surface area contributed by atoms with Crippen LogP contribution in [0.2, 0.25) is 0 Å². The lowest BCUT2D eigenvalue weighted by molar-refractivity contribution is 0.389. The largest absolute Gasteiger partial charge is 0.313 e. The smallest absolute Gasteiger partial charge is 0.0349 e. The standard InChI is InChI=1S/C14H20BrN/c1-10-7-8-12(15)9-13(10)14(16-2)11-5-3-4-6-11/h7-9,11,14,16H,3-6H2,1-2H3. The second-order valence-electron chi connectivity index (χ2n) is 4.81. The van der Waals surface area contributed by atoms with Crippen molar-refractivity contribution in [2.45, 2.75) is 38.6 Å². The third kappa shape index (κ3) is 2.49. The summed E-state index contributed by atoms with van der Waals surface area (Å²) < 4.78 is 1.19. The Morgan fingerprint density at radius 1 is 1.31 bits per heavy atom. The van der Waals surface area contributed by atoms with Crippen molar-refractivity contribution in [2.24, 2.45) is 5.92 Å². The quantitative estimate of drug-likeness (QED) is 0.875. The van der Waals surface area contributed by atoms with Crippen molar-refractivity contribution < 1.29 is 0 Å². The van der Waals surface area contributed by atoms with Gasteiger partial charge in [0.15, 0.2) is 0 Å². The first-order valence-electron chi connectivity index (χ1n) is 6.15. The van der Waals surface area contributed by atoms with E-state index in [2.05, 4.69) is 53.4 Å². The molecule has 1 aromatic carbocycles. The molecule has 0 aromatic heterocycles. The Balaban J connectivity index is 2.28. The second-order valence-corrected chi connectivity index (χ2v) is 5.73. The van der Waals surface area contributed by atoms with E-state index in [4.69, 9.17) is 0 Å². The summed E-state index contributed by atoms with van der Waals surface area (Å²) in [6.45, 7) is 2.21. The molecule has 16 heavy (non-hydrogen) atoms. The second kappa shape index (κ2) is 5.33. The molecule has 0 saturated heterocycles. The van der Waals surface area contributed by atoms with Crippen LogP contribution in [0, 0.1) is 12.8 Å². The van der Waals surface area contributed by atoms with Crippen molar-refractivity contribution in [1.82, 2.24) is 5.32 Å². The molecule has 1 aromatic rings. The number of halogens is 1. The maximum atomic E-state index is 3.57. The van der Waals surface area contributed by atoms with Crippen LogP contribution >= 0.6 is 15.9 Å². The molecule has 0 spiro atoms. The molecule has 0 radical (unpaired) electrons. The molecule has 0 amide bonds. The number of hydrogen-bond acceptors (Lipinski definition) is 1. The van der Waals surface area contributed by atoms with Crippen LogP contribution < -0.4 is 5.32 Å². The first-order chi connectivity index (χ1) is 7.72. The molecule has 1 aliphatic rings. The summed E-state index contributed by atoms with van der Waals surface area (Å²) in [6.07, 6.45) is 5.54. The van der Waals surface area contributed by atoms with E-state index in [0.29, 0.717) is 6.04 Å². The molecule has 0 aliphatic heterocycles. The van der Waals surface area contributed by atoms with Gasteiger partial charge in [0.1, 0.15) is 0 Å². The topological polar surface area (TPSA) is 12.0 Å². The molecule has 88 valence electrons. The highest BCUT2D eigenvalue weighted by atomic mass is 79.9. The van der Waals surface area contributed by atoms with Crippen molar-refractivity contribution in [3.05, 3.63) is 33.8 Å². The molecule has 1 saturated carbocycles. The number of benzene rings is 1. The summed E-state index contributed by atoms with van der Waals surface area (Å²) in [7, 11) is 2.09. The summed E-state index contributed by atoms with van der Waals surface area (Å²) in [4.78, 5) is 0. The fraction of sp³-hybridized carbons (Fsp3) is 0.571. The molecule has 0 bridgehead atoms. The Morgan fingerprint density at radius 2 is 2.00 bits per heavy atom. The summed E-state index contributed by atoms with van der Waals surface area (Å²) in [5.41, 5.74) is 2.86. The van der Waals surface area contributed by atoms with Crippen molar-refractivity contribution in [1.29, 1.82) is 0 Å². The highest BCUT2D eigenvalue weighted by molar-refractivity contribution is 9.10. The van der Waals surface area contributed by atoms with Crippen LogP contribution in [-0.2, 0) is 0 Å². The molecule has 1 atom stereocenters. The van der Waals surface area contributed by atoms with Crippen LogP contribution in [0.5, 0.6) is 0 Å². The van der Waals surface area contributed by atoms with Gasteiger partial charge in [-0.05, 0) is 56.0 Å². The molecule has 1 N–H and O–H groups in total. The zero-order chi connectivity index (χ0) is 11.5. The zero-order valence-electron chi connectivity index (χ0n) is 10.1. The minimum atomic E-state index is 0.528. The van der Waals surface area contributed by atoms with Crippen LogP contribution in [0.4, 0.5) is 0 Å². The Bertz CT molecular complexity index is 356. The lowest BCUT2D eigenvalue weighted by Crippen LogP contribution is -2.24. The highest BCUT2D eigenvalue weighted by Gasteiger charge is 2.26. The summed E-state index contributed by atoms with van der Waals surface area (Å²) in [5, 5.41) is 3.51. The third-order valence-corrected chi connectivity index (χ3v) is 4.25. The molecule has 2 heteroatoms. The monoisotopic (exact) mass is 281 g/mol. The Morgan fingerprint density at radius 3 is 2.62 bits per heavy atom. The SMILES string of the molecule is CNC(c1cc(Br)ccc1C)C1CCCC1. The van der Waals surface area contributed by atoms with Crippen molar-refractivity contribution in [2.75, 3.05) is 7.05 Å². The van der Waals surface area contributed by atoms with Crippen molar-refractivity contribution >= 4 is 15.9 Å². The van der Waals surface area contributed by atoms with E-state index in [-0.39, 0.29) is 0 Å². The van der Waals surface area contributed by atoms with E-state index in [1.165, 1.54) is 41.3 Å². The van der Waals surface area contributed by atoms with E-state index >= 15 is 0 Å². The maximum Gasteiger partial charge on any atom is 0.0349 e. The first-order valence-corrected chi connectivity index (χ1v) is 6.95. The summed E-state index contributed by atoms with van der Waals surface area (Å²) in [6, 6.07) is 7.13. The first kappa shape index (κ1) is 12.1. The van der Waals surface area contributed by atoms with E-state index in [9.17, 15) is 0 Å². The van der Waals surface area contributed by atoms with E-state index in [0.717, 1.165) is 5.92 Å². The zero-order valence-corrected chi connectivity index (χ0v) is 11.7. The van der Waals surface area contributed by atoms with E-state index < -0.39 is 0 Å². The molecular formula is C14H20BrN. The Labute approximate surface area is 107 Å². The molecule has 1 unspecified atom stereocenters. The van der Waals surface area contributed by atoms with Crippen molar-refractivity contribution in [3.8, 4) is 0 Å². The predicted molar refractivity (Wildman–Crippen MR) is 72.6 cm³/mol. The molecular weight excluding hydrogens is 262 g/mol. The predicted octanol–water partition coefficient (Wildman–Crippen LogP) is 4.21. The van der Waals surface area contributed by atoms with Gasteiger partial charge in [0, 0.05) is 10.5 Å². The fourth-order valence-corrected chi connectivity index (χ4v) is 3.26. The number of rotatable bonds is 3. The molecule has 2 rings (SSSR count). The van der Waals surface area contributed by atoms with Crippen molar-refractivity contribution in [3.63, 3.8) is 0 Å². The molecule has 1 fully saturated rings. The summed E-state index contributed by atoms with van der Waals surface area (Å²) in [5.74, 6) is 0.818. The minimum absolute atomic E-state index is 0.528. The van der Waals surface area contributed by atoms with Gasteiger partial charge in [0.05, 0.1) is 0 Å². The van der Waals surface area contributed by atoms with E-state index in [1.807, 2.05) is 0 Å². The Kier molecular flexibility index (Phi) is 4.04. The third-order valence-electron chi connectivity index (χ3n) is 3.76. The summed E-state index contributed by atoms with van der Waals surface area (Å²) >= 11 is 3.57. The number of nitrogens with one attached hydrogen (secondary N) is 1. The van der Waals surface area contributed by atoms with Crippen LogP contribution in [0.3, 0.4) is 0 Å². The van der Waals surface area contributed by atoms with Gasteiger partial charge in [0.2, 0.25) is 0 Å². The number of aryl methyl sites for hydroxylation is 1.